The fourth-order valence-electron chi connectivity index (χ4n) is 2.71. The maximum absolute atomic E-state index is 12.0. The van der Waals surface area contributed by atoms with Gasteiger partial charge in [-0.25, -0.2) is 0 Å². The Hall–Kier alpha value is -0.450. The summed E-state index contributed by atoms with van der Waals surface area (Å²) in [5.41, 5.74) is -2.77. The number of carbonyl (C=O) groups is 1. The summed E-state index contributed by atoms with van der Waals surface area (Å²) in [5, 5.41) is 23.2. The molecule has 15 heavy (non-hydrogen) atoms. The first-order chi connectivity index (χ1) is 6.51. The minimum Gasteiger partial charge on any atom is -0.382 e. The molecule has 1 heterocycles. The van der Waals surface area contributed by atoms with Crippen molar-refractivity contribution in [3.8, 4) is 0 Å². The quantitative estimate of drug-likeness (QED) is 0.715. The number of carbonyl (C=O) groups excluding carboxylic acids is 1. The molecule has 0 aromatic rings. The molecule has 1 N–H and O–H groups in total. The summed E-state index contributed by atoms with van der Waals surface area (Å²) in [7, 11) is 0. The van der Waals surface area contributed by atoms with E-state index in [0.717, 1.165) is 5.06 Å². The summed E-state index contributed by atoms with van der Waals surface area (Å²) in [6.45, 7) is 8.42. The first kappa shape index (κ1) is 12.6. The highest BCUT2D eigenvalue weighted by atomic mass is 16.5. The highest BCUT2D eigenvalue weighted by Crippen LogP contribution is 2.42. The van der Waals surface area contributed by atoms with Crippen LogP contribution in [0.5, 0.6) is 0 Å². The SMILES string of the molecule is CC(=O)C1(O)CC(C)(C)N([O])C(C)(C)C1. The minimum absolute atomic E-state index is 0.197. The Morgan fingerprint density at radius 1 is 1.13 bits per heavy atom. The molecule has 4 heteroatoms. The second kappa shape index (κ2) is 3.27. The summed E-state index contributed by atoms with van der Waals surface area (Å²) in [6, 6.07) is 0. The number of nitrogens with zero attached hydrogens (tertiary/aromatic N) is 1. The molecule has 1 saturated heterocycles. The van der Waals surface area contributed by atoms with Crippen LogP contribution in [0.3, 0.4) is 0 Å². The van der Waals surface area contributed by atoms with Crippen molar-refractivity contribution in [2.24, 2.45) is 0 Å². The number of ketones is 1. The third kappa shape index (κ3) is 2.07. The third-order valence-corrected chi connectivity index (χ3v) is 3.21. The van der Waals surface area contributed by atoms with E-state index >= 15 is 0 Å². The predicted octanol–water partition coefficient (Wildman–Crippen LogP) is 1.30. The lowest BCUT2D eigenvalue weighted by Gasteiger charge is -2.52. The van der Waals surface area contributed by atoms with Gasteiger partial charge in [-0.2, -0.15) is 0 Å². The molecule has 0 amide bonds. The number of rotatable bonds is 1. The van der Waals surface area contributed by atoms with Crippen LogP contribution < -0.4 is 0 Å². The zero-order valence-corrected chi connectivity index (χ0v) is 10.1. The highest BCUT2D eigenvalue weighted by molar-refractivity contribution is 5.85. The van der Waals surface area contributed by atoms with Crippen molar-refractivity contribution < 1.29 is 15.1 Å². The molecule has 0 aliphatic carbocycles. The van der Waals surface area contributed by atoms with Crippen molar-refractivity contribution in [3.63, 3.8) is 0 Å². The van der Waals surface area contributed by atoms with Crippen LogP contribution in [-0.4, -0.2) is 32.6 Å². The average molecular weight is 214 g/mol. The molecule has 1 radical (unpaired) electrons. The van der Waals surface area contributed by atoms with Gasteiger partial charge in [-0.3, -0.25) is 4.79 Å². The summed E-state index contributed by atoms with van der Waals surface area (Å²) >= 11 is 0. The van der Waals surface area contributed by atoms with E-state index in [1.807, 2.05) is 0 Å². The molecule has 0 bridgehead atoms. The first-order valence-electron chi connectivity index (χ1n) is 5.22. The van der Waals surface area contributed by atoms with Crippen LogP contribution >= 0.6 is 0 Å². The molecule has 1 rings (SSSR count). The summed E-state index contributed by atoms with van der Waals surface area (Å²) in [6.07, 6.45) is 0.393. The van der Waals surface area contributed by atoms with E-state index in [-0.39, 0.29) is 18.6 Å². The van der Waals surface area contributed by atoms with E-state index < -0.39 is 16.7 Å². The van der Waals surface area contributed by atoms with Gasteiger partial charge < -0.3 is 5.11 Å². The van der Waals surface area contributed by atoms with E-state index in [0.29, 0.717) is 0 Å². The molecular formula is C11H20NO3. The van der Waals surface area contributed by atoms with Crippen molar-refractivity contribution in [2.45, 2.75) is 64.1 Å². The Bertz CT molecular complexity index is 266. The monoisotopic (exact) mass is 214 g/mol. The van der Waals surface area contributed by atoms with Crippen LogP contribution in [0.1, 0.15) is 47.5 Å². The Kier molecular flexibility index (Phi) is 2.75. The molecule has 0 atom stereocenters. The highest BCUT2D eigenvalue weighted by Gasteiger charge is 2.54. The number of hydrogen-bond acceptors (Lipinski definition) is 3. The number of piperidine rings is 1. The van der Waals surface area contributed by atoms with Crippen LogP contribution in [0.25, 0.3) is 0 Å². The lowest BCUT2D eigenvalue weighted by atomic mass is 9.71. The van der Waals surface area contributed by atoms with E-state index in [9.17, 15) is 15.1 Å². The molecule has 1 aliphatic heterocycles. The van der Waals surface area contributed by atoms with Gasteiger partial charge in [-0.05, 0) is 34.6 Å². The zero-order valence-electron chi connectivity index (χ0n) is 10.1. The maximum atomic E-state index is 12.0. The fourth-order valence-corrected chi connectivity index (χ4v) is 2.71. The first-order valence-corrected chi connectivity index (χ1v) is 5.22. The number of aliphatic hydroxyl groups is 1. The average Bonchev–Trinajstić information content (AvgIpc) is 1.98. The van der Waals surface area contributed by atoms with Crippen LogP contribution in [0.4, 0.5) is 0 Å². The van der Waals surface area contributed by atoms with Gasteiger partial charge in [0.2, 0.25) is 0 Å². The summed E-state index contributed by atoms with van der Waals surface area (Å²) in [4.78, 5) is 11.4. The standard InChI is InChI=1S/C11H20NO3/c1-8(13)11(14)6-9(2,3)12(15)10(4,5)7-11/h14H,6-7H2,1-5H3. The van der Waals surface area contributed by atoms with Crippen LogP contribution in [-0.2, 0) is 10.0 Å². The van der Waals surface area contributed by atoms with E-state index in [1.54, 1.807) is 27.7 Å². The van der Waals surface area contributed by atoms with Crippen molar-refractivity contribution in [2.75, 3.05) is 0 Å². The molecule has 4 nitrogen and oxygen atoms in total. The molecule has 87 valence electrons. The van der Waals surface area contributed by atoms with Crippen molar-refractivity contribution >= 4 is 5.78 Å². The lowest BCUT2D eigenvalue weighted by Crippen LogP contribution is -2.65. The van der Waals surface area contributed by atoms with Crippen LogP contribution in [0, 0.1) is 0 Å². The van der Waals surface area contributed by atoms with Crippen LogP contribution in [0.2, 0.25) is 0 Å². The van der Waals surface area contributed by atoms with Gasteiger partial charge in [0.05, 0.1) is 0 Å². The van der Waals surface area contributed by atoms with Gasteiger partial charge in [-0.15, -0.1) is 10.3 Å². The van der Waals surface area contributed by atoms with Crippen molar-refractivity contribution in [3.05, 3.63) is 0 Å². The second-order valence-electron chi connectivity index (χ2n) is 5.86. The van der Waals surface area contributed by atoms with Gasteiger partial charge in [0.1, 0.15) is 5.60 Å². The van der Waals surface area contributed by atoms with Gasteiger partial charge >= 0.3 is 0 Å². The van der Waals surface area contributed by atoms with Crippen LogP contribution in [0.15, 0.2) is 0 Å². The Morgan fingerprint density at radius 2 is 1.47 bits per heavy atom. The topological polar surface area (TPSA) is 60.4 Å². The van der Waals surface area contributed by atoms with Crippen molar-refractivity contribution in [1.29, 1.82) is 0 Å². The fraction of sp³-hybridized carbons (Fsp3) is 0.909. The molecule has 1 aliphatic rings. The van der Waals surface area contributed by atoms with Crippen molar-refractivity contribution in [1.82, 2.24) is 5.06 Å². The van der Waals surface area contributed by atoms with E-state index in [1.165, 1.54) is 6.92 Å². The molecular weight excluding hydrogens is 194 g/mol. The molecule has 0 saturated carbocycles. The second-order valence-corrected chi connectivity index (χ2v) is 5.86. The molecule has 1 fully saturated rings. The molecule has 0 unspecified atom stereocenters. The zero-order chi connectivity index (χ0) is 12.1. The minimum atomic E-state index is -1.35. The number of hydroxylamine groups is 2. The largest absolute Gasteiger partial charge is 0.382 e. The number of hydrogen-bond donors (Lipinski definition) is 1. The van der Waals surface area contributed by atoms with E-state index in [2.05, 4.69) is 0 Å². The number of Topliss-reactive ketones (excluding diaryl/α,β-unsaturated/α-hetero) is 1. The Morgan fingerprint density at radius 3 is 1.73 bits per heavy atom. The summed E-state index contributed by atoms with van der Waals surface area (Å²) < 4.78 is 0. The lowest BCUT2D eigenvalue weighted by molar-refractivity contribution is -0.307. The Balaban J connectivity index is 3.09. The molecule has 0 spiro atoms. The normalized spacial score (nSPS) is 28.7. The van der Waals surface area contributed by atoms with Gasteiger partial charge in [0.15, 0.2) is 5.78 Å². The molecule has 0 aromatic carbocycles. The summed E-state index contributed by atoms with van der Waals surface area (Å²) in [5.74, 6) is -0.253. The van der Waals surface area contributed by atoms with Gasteiger partial charge in [0, 0.05) is 23.9 Å². The van der Waals surface area contributed by atoms with E-state index in [4.69, 9.17) is 0 Å². The predicted molar refractivity (Wildman–Crippen MR) is 55.5 cm³/mol. The van der Waals surface area contributed by atoms with Gasteiger partial charge in [0.25, 0.3) is 0 Å². The van der Waals surface area contributed by atoms with Gasteiger partial charge in [-0.1, -0.05) is 0 Å². The third-order valence-electron chi connectivity index (χ3n) is 3.21. The Labute approximate surface area is 90.8 Å². The molecule has 0 aromatic heterocycles. The maximum Gasteiger partial charge on any atom is 0.161 e. The smallest absolute Gasteiger partial charge is 0.161 e.